The summed E-state index contributed by atoms with van der Waals surface area (Å²) < 4.78 is 0. The number of aryl methyl sites for hydroxylation is 1. The van der Waals surface area contributed by atoms with E-state index in [1.807, 2.05) is 13.8 Å². The summed E-state index contributed by atoms with van der Waals surface area (Å²) in [6, 6.07) is 5.07. The minimum atomic E-state index is -0.993. The quantitative estimate of drug-likeness (QED) is 0.825. The molecule has 0 aliphatic carbocycles. The molecule has 0 radical (unpaired) electrons. The van der Waals surface area contributed by atoms with Crippen LogP contribution < -0.4 is 10.2 Å². The summed E-state index contributed by atoms with van der Waals surface area (Å²) in [7, 11) is 1.70. The van der Waals surface area contributed by atoms with E-state index in [2.05, 4.69) is 5.32 Å². The van der Waals surface area contributed by atoms with Crippen LogP contribution in [-0.4, -0.2) is 37.1 Å². The van der Waals surface area contributed by atoms with Crippen molar-refractivity contribution in [2.24, 2.45) is 0 Å². The number of hydrogen-bond donors (Lipinski definition) is 2. The Hall–Kier alpha value is -2.04. The Kier molecular flexibility index (Phi) is 4.71. The van der Waals surface area contributed by atoms with Crippen molar-refractivity contribution in [3.8, 4) is 0 Å². The molecule has 0 heterocycles. The molecule has 0 aliphatic rings. The topological polar surface area (TPSA) is 69.6 Å². The standard InChI is InChI=1S/C13H18N2O3/c1-4-14-12(16)8-15(3)11-7-9(2)5-6-10(11)13(17)18/h5-7H,4,8H2,1-3H3,(H,14,16)(H,17,18). The van der Waals surface area contributed by atoms with E-state index in [0.717, 1.165) is 5.56 Å². The van der Waals surface area contributed by atoms with Crippen LogP contribution in [0.4, 0.5) is 5.69 Å². The summed E-state index contributed by atoms with van der Waals surface area (Å²) in [5.41, 5.74) is 1.71. The lowest BCUT2D eigenvalue weighted by atomic mass is 10.1. The Balaban J connectivity index is 2.96. The van der Waals surface area contributed by atoms with Gasteiger partial charge in [0.15, 0.2) is 0 Å². The number of carbonyl (C=O) groups excluding carboxylic acids is 1. The van der Waals surface area contributed by atoms with Crippen molar-refractivity contribution in [2.75, 3.05) is 25.0 Å². The van der Waals surface area contributed by atoms with Crippen LogP contribution in [0.25, 0.3) is 0 Å². The first-order chi connectivity index (χ1) is 8.45. The molecule has 1 rings (SSSR count). The number of amides is 1. The van der Waals surface area contributed by atoms with Gasteiger partial charge in [-0.2, -0.15) is 0 Å². The third-order valence-corrected chi connectivity index (χ3v) is 2.55. The minimum Gasteiger partial charge on any atom is -0.478 e. The second-order valence-corrected chi connectivity index (χ2v) is 4.14. The van der Waals surface area contributed by atoms with Gasteiger partial charge in [0.2, 0.25) is 5.91 Å². The zero-order valence-corrected chi connectivity index (χ0v) is 10.9. The van der Waals surface area contributed by atoms with E-state index in [4.69, 9.17) is 5.11 Å². The van der Waals surface area contributed by atoms with E-state index in [1.165, 1.54) is 0 Å². The second-order valence-electron chi connectivity index (χ2n) is 4.14. The molecule has 5 nitrogen and oxygen atoms in total. The molecule has 1 aromatic carbocycles. The molecular formula is C13H18N2O3. The van der Waals surface area contributed by atoms with Crippen LogP contribution in [0, 0.1) is 6.92 Å². The average molecular weight is 250 g/mol. The van der Waals surface area contributed by atoms with Crippen molar-refractivity contribution >= 4 is 17.6 Å². The van der Waals surface area contributed by atoms with Crippen LogP contribution in [-0.2, 0) is 4.79 Å². The van der Waals surface area contributed by atoms with Crippen LogP contribution in [0.5, 0.6) is 0 Å². The van der Waals surface area contributed by atoms with Gasteiger partial charge < -0.3 is 15.3 Å². The average Bonchev–Trinajstić information content (AvgIpc) is 2.28. The Morgan fingerprint density at radius 3 is 2.61 bits per heavy atom. The lowest BCUT2D eigenvalue weighted by Crippen LogP contribution is -2.35. The molecule has 18 heavy (non-hydrogen) atoms. The van der Waals surface area contributed by atoms with Crippen molar-refractivity contribution in [3.05, 3.63) is 29.3 Å². The van der Waals surface area contributed by atoms with Gasteiger partial charge in [0.25, 0.3) is 0 Å². The Labute approximate surface area is 106 Å². The highest BCUT2D eigenvalue weighted by Gasteiger charge is 2.15. The molecule has 1 amide bonds. The van der Waals surface area contributed by atoms with Crippen molar-refractivity contribution in [2.45, 2.75) is 13.8 Å². The van der Waals surface area contributed by atoms with Crippen molar-refractivity contribution in [1.29, 1.82) is 0 Å². The second kappa shape index (κ2) is 6.05. The maximum Gasteiger partial charge on any atom is 0.337 e. The zero-order valence-electron chi connectivity index (χ0n) is 10.9. The number of anilines is 1. The maximum atomic E-state index is 11.5. The summed E-state index contributed by atoms with van der Waals surface area (Å²) >= 11 is 0. The molecule has 0 aliphatic heterocycles. The number of aromatic carboxylic acids is 1. The van der Waals surface area contributed by atoms with Crippen molar-refractivity contribution in [3.63, 3.8) is 0 Å². The summed E-state index contributed by atoms with van der Waals surface area (Å²) in [4.78, 5) is 24.3. The van der Waals surface area contributed by atoms with E-state index in [-0.39, 0.29) is 18.0 Å². The highest BCUT2D eigenvalue weighted by atomic mass is 16.4. The number of carboxylic acid groups (broad SMARTS) is 1. The number of likely N-dealkylation sites (N-methyl/N-ethyl adjacent to an activating group) is 2. The Morgan fingerprint density at radius 1 is 1.39 bits per heavy atom. The molecule has 1 aromatic rings. The lowest BCUT2D eigenvalue weighted by molar-refractivity contribution is -0.119. The van der Waals surface area contributed by atoms with Gasteiger partial charge in [-0.25, -0.2) is 4.79 Å². The van der Waals surface area contributed by atoms with Gasteiger partial charge in [-0.05, 0) is 31.5 Å². The molecule has 5 heteroatoms. The third-order valence-electron chi connectivity index (χ3n) is 2.55. The number of nitrogens with one attached hydrogen (secondary N) is 1. The fourth-order valence-corrected chi connectivity index (χ4v) is 1.69. The van der Waals surface area contributed by atoms with Crippen molar-refractivity contribution < 1.29 is 14.7 Å². The largest absolute Gasteiger partial charge is 0.478 e. The summed E-state index contributed by atoms with van der Waals surface area (Å²) in [5, 5.41) is 11.8. The van der Waals surface area contributed by atoms with Gasteiger partial charge in [0.1, 0.15) is 0 Å². The van der Waals surface area contributed by atoms with Gasteiger partial charge in [0.05, 0.1) is 17.8 Å². The highest BCUT2D eigenvalue weighted by Crippen LogP contribution is 2.21. The number of benzene rings is 1. The van der Waals surface area contributed by atoms with Crippen LogP contribution in [0.15, 0.2) is 18.2 Å². The molecule has 0 atom stereocenters. The number of nitrogens with zero attached hydrogens (tertiary/aromatic N) is 1. The van der Waals surface area contributed by atoms with E-state index in [1.54, 1.807) is 30.1 Å². The molecule has 0 spiro atoms. The lowest BCUT2D eigenvalue weighted by Gasteiger charge is -2.21. The van der Waals surface area contributed by atoms with Gasteiger partial charge in [-0.1, -0.05) is 6.07 Å². The smallest absolute Gasteiger partial charge is 0.337 e. The number of rotatable bonds is 5. The minimum absolute atomic E-state index is 0.127. The maximum absolute atomic E-state index is 11.5. The zero-order chi connectivity index (χ0) is 13.7. The van der Waals surface area contributed by atoms with Crippen LogP contribution in [0.3, 0.4) is 0 Å². The first-order valence-corrected chi connectivity index (χ1v) is 5.77. The fourth-order valence-electron chi connectivity index (χ4n) is 1.69. The first-order valence-electron chi connectivity index (χ1n) is 5.77. The monoisotopic (exact) mass is 250 g/mol. The third kappa shape index (κ3) is 3.48. The fraction of sp³-hybridized carbons (Fsp3) is 0.385. The van der Waals surface area contributed by atoms with Crippen LogP contribution >= 0.6 is 0 Å². The highest BCUT2D eigenvalue weighted by molar-refractivity contribution is 5.95. The number of hydrogen-bond acceptors (Lipinski definition) is 3. The van der Waals surface area contributed by atoms with E-state index < -0.39 is 5.97 Å². The first kappa shape index (κ1) is 14.0. The summed E-state index contributed by atoms with van der Waals surface area (Å²) in [5.74, 6) is -1.12. The van der Waals surface area contributed by atoms with Gasteiger partial charge >= 0.3 is 5.97 Å². The molecule has 0 fully saturated rings. The number of carbonyl (C=O) groups is 2. The molecule has 0 aromatic heterocycles. The predicted octanol–water partition coefficient (Wildman–Crippen LogP) is 1.27. The van der Waals surface area contributed by atoms with Crippen LogP contribution in [0.1, 0.15) is 22.8 Å². The van der Waals surface area contributed by atoms with Gasteiger partial charge in [-0.3, -0.25) is 4.79 Å². The number of carboxylic acids is 1. The molecule has 0 unspecified atom stereocenters. The van der Waals surface area contributed by atoms with E-state index in [0.29, 0.717) is 12.2 Å². The predicted molar refractivity (Wildman–Crippen MR) is 70.1 cm³/mol. The molecule has 0 saturated heterocycles. The summed E-state index contributed by atoms with van der Waals surface area (Å²) in [6.45, 7) is 4.42. The molecule has 0 bridgehead atoms. The molecule has 98 valence electrons. The molecular weight excluding hydrogens is 232 g/mol. The normalized spacial score (nSPS) is 9.94. The SMILES string of the molecule is CCNC(=O)CN(C)c1cc(C)ccc1C(=O)O. The molecule has 0 saturated carbocycles. The summed E-state index contributed by atoms with van der Waals surface area (Å²) in [6.07, 6.45) is 0. The van der Waals surface area contributed by atoms with Crippen molar-refractivity contribution in [1.82, 2.24) is 5.32 Å². The van der Waals surface area contributed by atoms with Gasteiger partial charge in [0, 0.05) is 13.6 Å². The molecule has 2 N–H and O–H groups in total. The van der Waals surface area contributed by atoms with Gasteiger partial charge in [-0.15, -0.1) is 0 Å². The van der Waals surface area contributed by atoms with Crippen LogP contribution in [0.2, 0.25) is 0 Å². The Bertz CT molecular complexity index is 458. The van der Waals surface area contributed by atoms with E-state index in [9.17, 15) is 9.59 Å². The Morgan fingerprint density at radius 2 is 2.06 bits per heavy atom. The van der Waals surface area contributed by atoms with E-state index >= 15 is 0 Å².